The van der Waals surface area contributed by atoms with Crippen LogP contribution in [0.2, 0.25) is 4.44 Å². The van der Waals surface area contributed by atoms with Gasteiger partial charge in [-0.15, -0.1) is 0 Å². The minimum atomic E-state index is -2.89. The van der Waals surface area contributed by atoms with Crippen molar-refractivity contribution in [3.63, 3.8) is 0 Å². The normalized spacial score (nSPS) is 10.6. The van der Waals surface area contributed by atoms with E-state index in [1.165, 1.54) is 0 Å². The number of pyridine rings is 1. The van der Waals surface area contributed by atoms with Gasteiger partial charge in [-0.25, -0.2) is 0 Å². The molecule has 0 saturated carbocycles. The van der Waals surface area contributed by atoms with Gasteiger partial charge in [0.25, 0.3) is 0 Å². The van der Waals surface area contributed by atoms with Crippen molar-refractivity contribution in [3.8, 4) is 0 Å². The maximum Gasteiger partial charge on any atom is 0.0539 e. The predicted molar refractivity (Wildman–Crippen MR) is 75.2 cm³/mol. The van der Waals surface area contributed by atoms with Crippen molar-refractivity contribution < 1.29 is 0 Å². The Bertz CT molecular complexity index is 265. The molecule has 0 bridgehead atoms. The van der Waals surface area contributed by atoms with Crippen LogP contribution in [0.4, 0.5) is 0 Å². The van der Waals surface area contributed by atoms with E-state index in [0.717, 1.165) is 23.0 Å². The van der Waals surface area contributed by atoms with E-state index in [4.69, 9.17) is 32.5 Å². The molecule has 1 rings (SSSR count). The van der Waals surface area contributed by atoms with Crippen molar-refractivity contribution in [2.75, 3.05) is 0 Å². The number of rotatable bonds is 4. The Hall–Kier alpha value is 0.779. The van der Waals surface area contributed by atoms with Gasteiger partial charge in [0, 0.05) is 12.7 Å². The van der Waals surface area contributed by atoms with E-state index < -0.39 is 15.0 Å². The van der Waals surface area contributed by atoms with E-state index in [1.807, 2.05) is 18.2 Å². The summed E-state index contributed by atoms with van der Waals surface area (Å²) in [6.07, 6.45) is 3.94. The average Bonchev–Trinajstić information content (AvgIpc) is 2.27. The van der Waals surface area contributed by atoms with Crippen LogP contribution in [0.25, 0.3) is 0 Å². The quantitative estimate of drug-likeness (QED) is 0.790. The number of aromatic nitrogens is 1. The molecule has 6 heteroatoms. The second-order valence-electron chi connectivity index (χ2n) is 3.24. The smallest absolute Gasteiger partial charge is 0.0539 e. The third-order valence-electron chi connectivity index (χ3n) is 1.75. The first-order chi connectivity index (χ1) is 7.49. The average molecular weight is 390 g/mol. The maximum absolute atomic E-state index is 5.65. The van der Waals surface area contributed by atoms with E-state index in [9.17, 15) is 0 Å². The molecular weight excluding hydrogens is 373 g/mol. The van der Waals surface area contributed by atoms with Crippen LogP contribution >= 0.6 is 26.8 Å². The van der Waals surface area contributed by atoms with Crippen LogP contribution in [0, 0.1) is 0 Å². The zero-order valence-corrected chi connectivity index (χ0v) is 14.4. The predicted octanol–water partition coefficient (Wildman–Crippen LogP) is 3.98. The van der Waals surface area contributed by atoms with Crippen LogP contribution in [0.15, 0.2) is 24.4 Å². The van der Waals surface area contributed by atoms with Gasteiger partial charge in [-0.3, -0.25) is 4.98 Å². The fourth-order valence-corrected chi connectivity index (χ4v) is 5.74. The van der Waals surface area contributed by atoms with Gasteiger partial charge in [0.1, 0.15) is 0 Å². The van der Waals surface area contributed by atoms with Crippen molar-refractivity contribution >= 4 is 41.8 Å². The first-order valence-corrected chi connectivity index (χ1v) is 18.0. The van der Waals surface area contributed by atoms with E-state index in [1.54, 1.807) is 6.20 Å². The summed E-state index contributed by atoms with van der Waals surface area (Å²) in [7, 11) is 17.0. The molecule has 0 radical (unpaired) electrons. The van der Waals surface area contributed by atoms with Crippen LogP contribution in [0.1, 0.15) is 25.5 Å². The molecule has 0 amide bonds. The number of halogens is 3. The third-order valence-corrected chi connectivity index (χ3v) is 8.18. The summed E-state index contributed by atoms with van der Waals surface area (Å²) in [5, 5.41) is 0. The standard InChI is InChI=1S/C6H8N2.C4H9.3ClH.Sn/c7-5-6-3-1-2-4-8-6;1-3-4-2;;;;/h1-4H,5,7H2;1,3-4H2,2H3;3*1H;/q;;;;;+3/p-3. The summed E-state index contributed by atoms with van der Waals surface area (Å²) < 4.78 is 0.871. The maximum atomic E-state index is 5.65. The molecule has 0 spiro atoms. The van der Waals surface area contributed by atoms with Gasteiger partial charge in [0.15, 0.2) is 0 Å². The van der Waals surface area contributed by atoms with Crippen molar-refractivity contribution in [1.29, 1.82) is 0 Å². The first-order valence-electron chi connectivity index (χ1n) is 5.16. The van der Waals surface area contributed by atoms with Crippen LogP contribution in [0.5, 0.6) is 0 Å². The number of nitrogens with zero attached hydrogens (tertiary/aromatic N) is 1. The minimum absolute atomic E-state index is 0.529. The summed E-state index contributed by atoms with van der Waals surface area (Å²) in [6.45, 7) is 2.63. The Balaban J connectivity index is 0.000000281. The topological polar surface area (TPSA) is 38.9 Å². The molecule has 0 aliphatic heterocycles. The monoisotopic (exact) mass is 390 g/mol. The number of unbranched alkanes of at least 4 members (excludes halogenated alkanes) is 1. The Morgan fingerprint density at radius 3 is 2.25 bits per heavy atom. The molecule has 16 heavy (non-hydrogen) atoms. The summed E-state index contributed by atoms with van der Waals surface area (Å²) >= 11 is -2.89. The van der Waals surface area contributed by atoms with Crippen LogP contribution in [-0.4, -0.2) is 20.0 Å². The molecule has 2 N–H and O–H groups in total. The van der Waals surface area contributed by atoms with Crippen molar-refractivity contribution in [1.82, 2.24) is 4.98 Å². The molecule has 0 fully saturated rings. The largest absolute Gasteiger partial charge is 0.325 e. The molecule has 0 aromatic carbocycles. The number of nitrogens with two attached hydrogens (primary N) is 1. The molecule has 0 unspecified atom stereocenters. The molecule has 0 saturated heterocycles. The minimum Gasteiger partial charge on any atom is -0.325 e. The number of hydrogen-bond acceptors (Lipinski definition) is 2. The molecule has 0 aliphatic rings. The summed E-state index contributed by atoms with van der Waals surface area (Å²) in [5.74, 6) is 0. The molecule has 0 aliphatic carbocycles. The fraction of sp³-hybridized carbons (Fsp3) is 0.500. The third kappa shape index (κ3) is 11.3. The summed E-state index contributed by atoms with van der Waals surface area (Å²) in [6, 6.07) is 5.70. The summed E-state index contributed by atoms with van der Waals surface area (Å²) in [4.78, 5) is 3.97. The van der Waals surface area contributed by atoms with Gasteiger partial charge in [-0.05, 0) is 12.1 Å². The van der Waals surface area contributed by atoms with Gasteiger partial charge in [-0.1, -0.05) is 6.07 Å². The van der Waals surface area contributed by atoms with E-state index in [2.05, 4.69) is 11.9 Å². The van der Waals surface area contributed by atoms with Crippen molar-refractivity contribution in [3.05, 3.63) is 30.1 Å². The Morgan fingerprint density at radius 1 is 1.31 bits per heavy atom. The van der Waals surface area contributed by atoms with Gasteiger partial charge < -0.3 is 5.73 Å². The zero-order chi connectivity index (χ0) is 12.4. The molecule has 2 nitrogen and oxygen atoms in total. The first kappa shape index (κ1) is 16.8. The van der Waals surface area contributed by atoms with Gasteiger partial charge in [0.05, 0.1) is 5.69 Å². The van der Waals surface area contributed by atoms with Crippen LogP contribution in [-0.2, 0) is 6.54 Å². The van der Waals surface area contributed by atoms with Crippen LogP contribution < -0.4 is 5.73 Å². The van der Waals surface area contributed by atoms with Gasteiger partial charge in [-0.2, -0.15) is 0 Å². The Kier molecular flexibility index (Phi) is 10.2. The van der Waals surface area contributed by atoms with Crippen molar-refractivity contribution in [2.45, 2.75) is 30.7 Å². The van der Waals surface area contributed by atoms with E-state index in [0.29, 0.717) is 6.54 Å². The van der Waals surface area contributed by atoms with Gasteiger partial charge >= 0.3 is 66.0 Å². The molecule has 1 aromatic rings. The van der Waals surface area contributed by atoms with E-state index in [-0.39, 0.29) is 0 Å². The Morgan fingerprint density at radius 2 is 2.00 bits per heavy atom. The number of hydrogen-bond donors (Lipinski definition) is 1. The van der Waals surface area contributed by atoms with Gasteiger partial charge in [0.2, 0.25) is 0 Å². The molecular formula is C10H17Cl3N2Sn. The SMILES string of the molecule is CCC[CH2][Sn]([Cl])([Cl])[Cl].NCc1ccccn1. The fourth-order valence-electron chi connectivity index (χ4n) is 0.896. The zero-order valence-electron chi connectivity index (χ0n) is 9.30. The molecule has 0 atom stereocenters. The summed E-state index contributed by atoms with van der Waals surface area (Å²) in [5.41, 5.74) is 6.22. The van der Waals surface area contributed by atoms with Crippen molar-refractivity contribution in [2.24, 2.45) is 5.73 Å². The molecule has 1 aromatic heterocycles. The molecule has 1 heterocycles. The second kappa shape index (κ2) is 9.77. The second-order valence-corrected chi connectivity index (χ2v) is 25.1. The Labute approximate surface area is 113 Å². The van der Waals surface area contributed by atoms with Crippen LogP contribution in [0.3, 0.4) is 0 Å². The molecule has 92 valence electrons. The van der Waals surface area contributed by atoms with E-state index >= 15 is 0 Å².